The molecule has 0 unspecified atom stereocenters. The molecular weight excluding hydrogens is 364 g/mol. The second kappa shape index (κ2) is 7.91. The second-order valence-corrected chi connectivity index (χ2v) is 7.14. The van der Waals surface area contributed by atoms with Crippen molar-refractivity contribution in [3.8, 4) is 0 Å². The molecule has 0 saturated carbocycles. The molecular formula is C23H24N4O2. The van der Waals surface area contributed by atoms with Crippen LogP contribution < -0.4 is 10.9 Å². The van der Waals surface area contributed by atoms with Gasteiger partial charge in [-0.1, -0.05) is 44.2 Å². The fraction of sp³-hybridized carbons (Fsp3) is 0.261. The van der Waals surface area contributed by atoms with Gasteiger partial charge in [0.25, 0.3) is 5.56 Å². The molecule has 4 aromatic rings. The van der Waals surface area contributed by atoms with Crippen molar-refractivity contribution in [1.29, 1.82) is 0 Å². The molecule has 0 saturated heterocycles. The molecule has 0 aliphatic carbocycles. The normalized spacial score (nSPS) is 11.2. The molecule has 0 fully saturated rings. The lowest BCUT2D eigenvalue weighted by molar-refractivity contribution is -0.117. The van der Waals surface area contributed by atoms with Crippen LogP contribution in [0.15, 0.2) is 59.5 Å². The molecule has 2 aromatic carbocycles. The maximum atomic E-state index is 13.2. The summed E-state index contributed by atoms with van der Waals surface area (Å²) in [6, 6.07) is 15.6. The van der Waals surface area contributed by atoms with Crippen molar-refractivity contribution in [2.24, 2.45) is 0 Å². The van der Waals surface area contributed by atoms with Gasteiger partial charge >= 0.3 is 0 Å². The molecule has 0 bridgehead atoms. The third-order valence-electron chi connectivity index (χ3n) is 5.16. The molecule has 2 heterocycles. The molecule has 6 nitrogen and oxygen atoms in total. The maximum absolute atomic E-state index is 13.2. The van der Waals surface area contributed by atoms with Crippen LogP contribution in [0.3, 0.4) is 0 Å². The predicted octanol–water partition coefficient (Wildman–Crippen LogP) is 3.96. The highest BCUT2D eigenvalue weighted by molar-refractivity contribution is 6.07. The summed E-state index contributed by atoms with van der Waals surface area (Å²) in [6.07, 6.45) is 3.54. The number of hydrogen-bond donors (Lipinski definition) is 1. The average molecular weight is 388 g/mol. The molecule has 148 valence electrons. The summed E-state index contributed by atoms with van der Waals surface area (Å²) in [4.78, 5) is 25.7. The number of carbonyl (C=O) groups excluding carboxylic acids is 1. The van der Waals surface area contributed by atoms with Crippen LogP contribution in [-0.4, -0.2) is 20.3 Å². The van der Waals surface area contributed by atoms with Gasteiger partial charge in [-0.15, -0.1) is 0 Å². The van der Waals surface area contributed by atoms with Gasteiger partial charge in [-0.05, 0) is 36.6 Å². The number of anilines is 1. The van der Waals surface area contributed by atoms with Gasteiger partial charge < -0.3 is 9.88 Å². The number of aryl methyl sites for hydroxylation is 2. The largest absolute Gasteiger partial charge is 0.336 e. The van der Waals surface area contributed by atoms with E-state index in [1.54, 1.807) is 6.20 Å². The molecule has 6 heteroatoms. The number of aromatic nitrogens is 3. The van der Waals surface area contributed by atoms with Crippen LogP contribution in [0.2, 0.25) is 0 Å². The Labute approximate surface area is 168 Å². The van der Waals surface area contributed by atoms with E-state index in [0.29, 0.717) is 11.2 Å². The smallest absolute Gasteiger partial charge is 0.291 e. The van der Waals surface area contributed by atoms with Crippen LogP contribution in [0.1, 0.15) is 25.8 Å². The highest BCUT2D eigenvalue weighted by atomic mass is 16.2. The van der Waals surface area contributed by atoms with Crippen molar-refractivity contribution >= 4 is 33.4 Å². The first-order chi connectivity index (χ1) is 14.1. The van der Waals surface area contributed by atoms with Crippen LogP contribution in [0.5, 0.6) is 0 Å². The number of nitrogens with zero attached hydrogens (tertiary/aromatic N) is 3. The van der Waals surface area contributed by atoms with E-state index in [-0.39, 0.29) is 18.0 Å². The average Bonchev–Trinajstić information content (AvgIpc) is 3.05. The van der Waals surface area contributed by atoms with Gasteiger partial charge in [0.1, 0.15) is 12.1 Å². The lowest BCUT2D eigenvalue weighted by atomic mass is 10.1. The number of amides is 1. The van der Waals surface area contributed by atoms with Crippen LogP contribution in [-0.2, 0) is 24.3 Å². The van der Waals surface area contributed by atoms with Crippen molar-refractivity contribution in [2.75, 3.05) is 5.32 Å². The molecule has 0 aliphatic rings. The minimum atomic E-state index is -0.277. The van der Waals surface area contributed by atoms with E-state index in [9.17, 15) is 9.59 Å². The van der Waals surface area contributed by atoms with Crippen LogP contribution in [0.25, 0.3) is 21.8 Å². The summed E-state index contributed by atoms with van der Waals surface area (Å²) in [5.74, 6) is -0.277. The van der Waals surface area contributed by atoms with Crippen molar-refractivity contribution in [2.45, 2.75) is 39.8 Å². The molecule has 0 atom stereocenters. The Bertz CT molecular complexity index is 1240. The van der Waals surface area contributed by atoms with Crippen LogP contribution >= 0.6 is 0 Å². The number of para-hydroxylation sites is 1. The van der Waals surface area contributed by atoms with E-state index < -0.39 is 0 Å². The zero-order valence-corrected chi connectivity index (χ0v) is 16.7. The molecule has 0 spiro atoms. The summed E-state index contributed by atoms with van der Waals surface area (Å²) in [5.41, 5.74) is 3.28. The Morgan fingerprint density at radius 1 is 1.03 bits per heavy atom. The first-order valence-corrected chi connectivity index (χ1v) is 9.98. The Hall–Kier alpha value is -3.41. The fourth-order valence-corrected chi connectivity index (χ4v) is 3.72. The standard InChI is InChI=1S/C23H24N4O2/c1-3-13-26-20-8-6-5-7-18(20)19-14-24-27(23(29)22(19)26)15-21(28)25-17-11-9-16(4-2)10-12-17/h5-12,14H,3-4,13,15H2,1-2H3,(H,25,28). The topological polar surface area (TPSA) is 68.9 Å². The zero-order chi connectivity index (χ0) is 20.4. The summed E-state index contributed by atoms with van der Waals surface area (Å²) in [5, 5.41) is 8.94. The zero-order valence-electron chi connectivity index (χ0n) is 16.7. The molecule has 1 amide bonds. The van der Waals surface area contributed by atoms with Crippen LogP contribution in [0, 0.1) is 0 Å². The third-order valence-corrected chi connectivity index (χ3v) is 5.16. The monoisotopic (exact) mass is 388 g/mol. The van der Waals surface area contributed by atoms with Crippen molar-refractivity contribution in [3.63, 3.8) is 0 Å². The van der Waals surface area contributed by atoms with E-state index in [0.717, 1.165) is 35.7 Å². The molecule has 0 aliphatic heterocycles. The summed E-state index contributed by atoms with van der Waals surface area (Å²) >= 11 is 0. The molecule has 1 N–H and O–H groups in total. The molecule has 0 radical (unpaired) electrons. The first kappa shape index (κ1) is 18.9. The van der Waals surface area contributed by atoms with E-state index in [1.165, 1.54) is 10.2 Å². The summed E-state index contributed by atoms with van der Waals surface area (Å²) in [6.45, 7) is 4.77. The Kier molecular flexibility index (Phi) is 5.16. The number of fused-ring (bicyclic) bond motifs is 3. The van der Waals surface area contributed by atoms with Gasteiger partial charge in [0.2, 0.25) is 5.91 Å². The predicted molar refractivity (Wildman–Crippen MR) is 116 cm³/mol. The number of benzene rings is 2. The minimum absolute atomic E-state index is 0.127. The number of carbonyl (C=O) groups is 1. The van der Waals surface area contributed by atoms with Gasteiger partial charge in [0, 0.05) is 28.5 Å². The van der Waals surface area contributed by atoms with E-state index >= 15 is 0 Å². The van der Waals surface area contributed by atoms with Gasteiger partial charge in [0.15, 0.2) is 0 Å². The quantitative estimate of drug-likeness (QED) is 0.544. The number of rotatable bonds is 6. The highest BCUT2D eigenvalue weighted by Crippen LogP contribution is 2.26. The van der Waals surface area contributed by atoms with E-state index in [1.807, 2.05) is 53.1 Å². The van der Waals surface area contributed by atoms with Crippen molar-refractivity contribution in [1.82, 2.24) is 14.3 Å². The third kappa shape index (κ3) is 3.53. The van der Waals surface area contributed by atoms with Crippen LogP contribution in [0.4, 0.5) is 5.69 Å². The van der Waals surface area contributed by atoms with Crippen molar-refractivity contribution < 1.29 is 4.79 Å². The maximum Gasteiger partial charge on any atom is 0.291 e. The van der Waals surface area contributed by atoms with Gasteiger partial charge in [-0.25, -0.2) is 4.68 Å². The minimum Gasteiger partial charge on any atom is -0.336 e. The van der Waals surface area contributed by atoms with E-state index in [2.05, 4.69) is 24.3 Å². The summed E-state index contributed by atoms with van der Waals surface area (Å²) < 4.78 is 3.27. The second-order valence-electron chi connectivity index (χ2n) is 7.14. The molecule has 29 heavy (non-hydrogen) atoms. The Balaban J connectivity index is 1.68. The van der Waals surface area contributed by atoms with Crippen molar-refractivity contribution in [3.05, 3.63) is 70.6 Å². The fourth-order valence-electron chi connectivity index (χ4n) is 3.72. The first-order valence-electron chi connectivity index (χ1n) is 9.98. The van der Waals surface area contributed by atoms with Gasteiger partial charge in [-0.2, -0.15) is 5.10 Å². The molecule has 2 aromatic heterocycles. The summed E-state index contributed by atoms with van der Waals surface area (Å²) in [7, 11) is 0. The lowest BCUT2D eigenvalue weighted by Crippen LogP contribution is -2.30. The number of hydrogen-bond acceptors (Lipinski definition) is 3. The number of nitrogens with one attached hydrogen (secondary N) is 1. The van der Waals surface area contributed by atoms with Gasteiger partial charge in [0.05, 0.1) is 6.20 Å². The van der Waals surface area contributed by atoms with E-state index in [4.69, 9.17) is 0 Å². The molecule has 4 rings (SSSR count). The Morgan fingerprint density at radius 3 is 2.52 bits per heavy atom. The SMILES string of the molecule is CCCn1c2ccccc2c2cnn(CC(=O)Nc3ccc(CC)cc3)c(=O)c21. The highest BCUT2D eigenvalue weighted by Gasteiger charge is 2.16. The Morgan fingerprint density at radius 2 is 1.79 bits per heavy atom. The van der Waals surface area contributed by atoms with Gasteiger partial charge in [-0.3, -0.25) is 9.59 Å². The lowest BCUT2D eigenvalue weighted by Gasteiger charge is -2.09.